The van der Waals surface area contributed by atoms with Crippen molar-refractivity contribution in [1.29, 1.82) is 0 Å². The summed E-state index contributed by atoms with van der Waals surface area (Å²) in [5, 5.41) is 4.11. The van der Waals surface area contributed by atoms with E-state index in [2.05, 4.69) is 26.1 Å². The van der Waals surface area contributed by atoms with Gasteiger partial charge in [-0.05, 0) is 33.8 Å². The maximum Gasteiger partial charge on any atom is 0.142 e. The molecule has 3 nitrogen and oxygen atoms in total. The molecule has 4 heteroatoms. The van der Waals surface area contributed by atoms with Crippen LogP contribution in [0.5, 0.6) is 5.75 Å². The molecule has 1 N–H and O–H groups in total. The van der Waals surface area contributed by atoms with Crippen LogP contribution in [0.25, 0.3) is 0 Å². The van der Waals surface area contributed by atoms with E-state index in [0.29, 0.717) is 11.6 Å². The highest BCUT2D eigenvalue weighted by Crippen LogP contribution is 2.30. The summed E-state index contributed by atoms with van der Waals surface area (Å²) in [6, 6.07) is 5.86. The standard InChI is InChI=1S/C16H26ClNO2/c1-12(9-10-19-5)20-15-13(7-6-8-14(15)17)11-18-16(2,3)4/h6-8,12,18H,9-11H2,1-5H3. The fraction of sp³-hybridized carbons (Fsp3) is 0.625. The molecule has 1 aromatic rings. The van der Waals surface area contributed by atoms with Gasteiger partial charge in [0.05, 0.1) is 11.1 Å². The Bertz CT molecular complexity index is 415. The lowest BCUT2D eigenvalue weighted by Gasteiger charge is -2.23. The predicted molar refractivity (Wildman–Crippen MR) is 84.6 cm³/mol. The van der Waals surface area contributed by atoms with E-state index in [1.165, 1.54) is 0 Å². The van der Waals surface area contributed by atoms with Gasteiger partial charge in [-0.2, -0.15) is 0 Å². The van der Waals surface area contributed by atoms with Gasteiger partial charge < -0.3 is 14.8 Å². The molecule has 1 unspecified atom stereocenters. The average molecular weight is 300 g/mol. The fourth-order valence-corrected chi connectivity index (χ4v) is 1.97. The molecule has 0 aromatic heterocycles. The van der Waals surface area contributed by atoms with Crippen molar-refractivity contribution in [3.05, 3.63) is 28.8 Å². The van der Waals surface area contributed by atoms with Gasteiger partial charge >= 0.3 is 0 Å². The van der Waals surface area contributed by atoms with Gasteiger partial charge in [0.2, 0.25) is 0 Å². The molecule has 0 aliphatic rings. The van der Waals surface area contributed by atoms with Crippen LogP contribution in [0.2, 0.25) is 5.02 Å². The molecule has 1 atom stereocenters. The monoisotopic (exact) mass is 299 g/mol. The summed E-state index contributed by atoms with van der Waals surface area (Å²) in [6.45, 7) is 9.86. The van der Waals surface area contributed by atoms with Gasteiger partial charge in [-0.1, -0.05) is 23.7 Å². The minimum absolute atomic E-state index is 0.0568. The Morgan fingerprint density at radius 1 is 1.30 bits per heavy atom. The number of benzene rings is 1. The highest BCUT2D eigenvalue weighted by atomic mass is 35.5. The Labute approximate surface area is 127 Å². The van der Waals surface area contributed by atoms with Crippen LogP contribution in [0, 0.1) is 0 Å². The molecule has 0 spiro atoms. The van der Waals surface area contributed by atoms with Gasteiger partial charge in [0, 0.05) is 37.8 Å². The number of para-hydroxylation sites is 1. The molecule has 0 aliphatic heterocycles. The number of hydrogen-bond acceptors (Lipinski definition) is 3. The van der Waals surface area contributed by atoms with Crippen molar-refractivity contribution in [3.8, 4) is 5.75 Å². The predicted octanol–water partition coefficient (Wildman–Crippen LogP) is 4.03. The topological polar surface area (TPSA) is 30.5 Å². The largest absolute Gasteiger partial charge is 0.489 e. The molecule has 0 saturated heterocycles. The lowest BCUT2D eigenvalue weighted by molar-refractivity contribution is 0.134. The zero-order valence-corrected chi connectivity index (χ0v) is 13.9. The summed E-state index contributed by atoms with van der Waals surface area (Å²) in [6.07, 6.45) is 0.914. The van der Waals surface area contributed by atoms with Crippen LogP contribution in [0.4, 0.5) is 0 Å². The lowest BCUT2D eigenvalue weighted by Crippen LogP contribution is -2.35. The van der Waals surface area contributed by atoms with E-state index in [9.17, 15) is 0 Å². The Morgan fingerprint density at radius 2 is 2.00 bits per heavy atom. The summed E-state index contributed by atoms with van der Waals surface area (Å²) in [4.78, 5) is 0. The first-order valence-corrected chi connectivity index (χ1v) is 7.39. The fourth-order valence-electron chi connectivity index (χ4n) is 1.73. The van der Waals surface area contributed by atoms with Crippen LogP contribution in [0.3, 0.4) is 0 Å². The van der Waals surface area contributed by atoms with Crippen molar-refractivity contribution >= 4 is 11.6 Å². The van der Waals surface area contributed by atoms with Crippen LogP contribution in [0.1, 0.15) is 39.7 Å². The first kappa shape index (κ1) is 17.3. The molecule has 0 aliphatic carbocycles. The third kappa shape index (κ3) is 6.12. The molecule has 0 fully saturated rings. The van der Waals surface area contributed by atoms with Crippen LogP contribution in [-0.2, 0) is 11.3 Å². The van der Waals surface area contributed by atoms with E-state index in [0.717, 1.165) is 24.3 Å². The molecule has 1 aromatic carbocycles. The second-order valence-corrected chi connectivity index (χ2v) is 6.45. The molecular weight excluding hydrogens is 274 g/mol. The first-order chi connectivity index (χ1) is 9.33. The van der Waals surface area contributed by atoms with Crippen molar-refractivity contribution in [2.45, 2.75) is 52.3 Å². The van der Waals surface area contributed by atoms with E-state index in [1.54, 1.807) is 7.11 Å². The van der Waals surface area contributed by atoms with E-state index < -0.39 is 0 Å². The zero-order valence-electron chi connectivity index (χ0n) is 13.1. The number of halogens is 1. The number of methoxy groups -OCH3 is 1. The molecule has 0 radical (unpaired) electrons. The average Bonchev–Trinajstić information content (AvgIpc) is 2.36. The number of nitrogens with one attached hydrogen (secondary N) is 1. The number of ether oxygens (including phenoxy) is 2. The molecular formula is C16H26ClNO2. The highest BCUT2D eigenvalue weighted by Gasteiger charge is 2.15. The van der Waals surface area contributed by atoms with E-state index in [4.69, 9.17) is 21.1 Å². The quantitative estimate of drug-likeness (QED) is 0.824. The second-order valence-electron chi connectivity index (χ2n) is 6.04. The number of rotatable bonds is 7. The minimum atomic E-state index is 0.0568. The zero-order chi connectivity index (χ0) is 15.2. The van der Waals surface area contributed by atoms with E-state index >= 15 is 0 Å². The lowest BCUT2D eigenvalue weighted by atomic mass is 10.1. The Hall–Kier alpha value is -0.770. The third-order valence-corrected chi connectivity index (χ3v) is 3.20. The highest BCUT2D eigenvalue weighted by molar-refractivity contribution is 6.32. The van der Waals surface area contributed by atoms with Crippen LogP contribution in [-0.4, -0.2) is 25.4 Å². The maximum atomic E-state index is 6.27. The molecule has 20 heavy (non-hydrogen) atoms. The summed E-state index contributed by atoms with van der Waals surface area (Å²) >= 11 is 6.27. The SMILES string of the molecule is COCCC(C)Oc1c(Cl)cccc1CNC(C)(C)C. The molecule has 114 valence electrons. The van der Waals surface area contributed by atoms with Crippen molar-refractivity contribution in [1.82, 2.24) is 5.32 Å². The summed E-state index contributed by atoms with van der Waals surface area (Å²) in [5.74, 6) is 0.773. The summed E-state index contributed by atoms with van der Waals surface area (Å²) in [7, 11) is 1.70. The normalized spacial score (nSPS) is 13.3. The van der Waals surface area contributed by atoms with Crippen molar-refractivity contribution in [2.24, 2.45) is 0 Å². The first-order valence-electron chi connectivity index (χ1n) is 7.01. The summed E-state index contributed by atoms with van der Waals surface area (Å²) < 4.78 is 11.1. The van der Waals surface area contributed by atoms with Crippen molar-refractivity contribution in [2.75, 3.05) is 13.7 Å². The van der Waals surface area contributed by atoms with Gasteiger partial charge in [0.15, 0.2) is 0 Å². The molecule has 0 heterocycles. The van der Waals surface area contributed by atoms with E-state index in [-0.39, 0.29) is 11.6 Å². The van der Waals surface area contributed by atoms with Gasteiger partial charge in [0.1, 0.15) is 5.75 Å². The molecule has 1 rings (SSSR count). The van der Waals surface area contributed by atoms with Crippen molar-refractivity contribution < 1.29 is 9.47 Å². The molecule has 0 amide bonds. The smallest absolute Gasteiger partial charge is 0.142 e. The Morgan fingerprint density at radius 3 is 2.60 bits per heavy atom. The summed E-state index contributed by atoms with van der Waals surface area (Å²) in [5.41, 5.74) is 1.14. The van der Waals surface area contributed by atoms with E-state index in [1.807, 2.05) is 25.1 Å². The van der Waals surface area contributed by atoms with Crippen LogP contribution in [0.15, 0.2) is 18.2 Å². The third-order valence-electron chi connectivity index (χ3n) is 2.91. The maximum absolute atomic E-state index is 6.27. The van der Waals surface area contributed by atoms with Gasteiger partial charge in [0.25, 0.3) is 0 Å². The Balaban J connectivity index is 2.77. The second kappa shape index (κ2) is 7.87. The molecule has 0 saturated carbocycles. The molecule has 0 bridgehead atoms. The van der Waals surface area contributed by atoms with Crippen LogP contribution < -0.4 is 10.1 Å². The van der Waals surface area contributed by atoms with Gasteiger partial charge in [-0.3, -0.25) is 0 Å². The van der Waals surface area contributed by atoms with Gasteiger partial charge in [-0.15, -0.1) is 0 Å². The van der Waals surface area contributed by atoms with Crippen molar-refractivity contribution in [3.63, 3.8) is 0 Å². The minimum Gasteiger partial charge on any atom is -0.489 e. The number of hydrogen-bond donors (Lipinski definition) is 1. The van der Waals surface area contributed by atoms with Gasteiger partial charge in [-0.25, -0.2) is 0 Å². The van der Waals surface area contributed by atoms with Crippen LogP contribution >= 0.6 is 11.6 Å². The Kier molecular flexibility index (Phi) is 6.80.